The van der Waals surface area contributed by atoms with E-state index in [9.17, 15) is 5.11 Å². The van der Waals surface area contributed by atoms with E-state index in [1.165, 1.54) is 0 Å². The average molecular weight is 322 g/mol. The Kier molecular flexibility index (Phi) is 17.9. The molecule has 1 atom stereocenters. The fourth-order valence-electron chi connectivity index (χ4n) is 1.26. The molecule has 118 valence electrons. The summed E-state index contributed by atoms with van der Waals surface area (Å²) in [5.74, 6) is 1.95. The average Bonchev–Trinajstić information content (AvgIpc) is 2.46. The summed E-state index contributed by atoms with van der Waals surface area (Å²) in [5.41, 5.74) is 5.98. The molecule has 1 unspecified atom stereocenters. The number of phenols is 1. The molecule has 0 aromatic heterocycles. The van der Waals surface area contributed by atoms with E-state index in [1.807, 2.05) is 0 Å². The highest BCUT2D eigenvalue weighted by Gasteiger charge is 2.00. The number of rotatable bonds is 6. The first-order valence-corrected chi connectivity index (χ1v) is 7.75. The summed E-state index contributed by atoms with van der Waals surface area (Å²) in [7, 11) is 1.00. The number of aliphatic hydroxyl groups is 2. The summed E-state index contributed by atoms with van der Waals surface area (Å²) in [5, 5.41) is 24.9. The van der Waals surface area contributed by atoms with Gasteiger partial charge in [0.15, 0.2) is 0 Å². The van der Waals surface area contributed by atoms with E-state index in [4.69, 9.17) is 15.9 Å². The van der Waals surface area contributed by atoms with Crippen molar-refractivity contribution in [1.29, 1.82) is 0 Å². The van der Waals surface area contributed by atoms with Crippen molar-refractivity contribution in [3.8, 4) is 5.75 Å². The van der Waals surface area contributed by atoms with Gasteiger partial charge >= 0.3 is 0 Å². The molecule has 0 saturated carbocycles. The lowest BCUT2D eigenvalue weighted by Gasteiger charge is -2.06. The minimum atomic E-state index is -0.141. The molecule has 0 aliphatic heterocycles. The molecule has 0 amide bonds. The molecule has 20 heavy (non-hydrogen) atoms. The monoisotopic (exact) mass is 321 g/mol. The molecule has 0 spiro atoms. The molecule has 0 aliphatic rings. The van der Waals surface area contributed by atoms with Crippen LogP contribution in [0.15, 0.2) is 24.3 Å². The molecule has 5 N–H and O–H groups in total. The molecule has 0 aliphatic carbocycles. The van der Waals surface area contributed by atoms with Crippen LogP contribution in [0.5, 0.6) is 5.75 Å². The molecule has 0 radical (unpaired) electrons. The van der Waals surface area contributed by atoms with Crippen LogP contribution in [0.2, 0.25) is 0 Å². The van der Waals surface area contributed by atoms with Gasteiger partial charge in [-0.15, -0.1) is 0 Å². The first-order valence-electron chi connectivity index (χ1n) is 6.49. The van der Waals surface area contributed by atoms with Crippen molar-refractivity contribution in [2.24, 2.45) is 0 Å². The zero-order chi connectivity index (χ0) is 15.8. The lowest BCUT2D eigenvalue weighted by Crippen LogP contribution is -2.06. The van der Waals surface area contributed by atoms with Gasteiger partial charge in [-0.25, -0.2) is 0 Å². The second kappa shape index (κ2) is 16.5. The summed E-state index contributed by atoms with van der Waals surface area (Å²) >= 11 is 8.11. The first-order chi connectivity index (χ1) is 9.60. The highest BCUT2D eigenvalue weighted by Crippen LogP contribution is 2.09. The topological polar surface area (TPSA) is 86.7 Å². The fourth-order valence-corrected chi connectivity index (χ4v) is 1.78. The zero-order valence-electron chi connectivity index (χ0n) is 11.9. The number of aromatic hydroxyl groups is 1. The van der Waals surface area contributed by atoms with E-state index in [2.05, 4.69) is 25.3 Å². The summed E-state index contributed by atoms with van der Waals surface area (Å²) in [6.07, 6.45) is 3.76. The van der Waals surface area contributed by atoms with E-state index in [0.717, 1.165) is 44.3 Å². The predicted octanol–water partition coefficient (Wildman–Crippen LogP) is 2.35. The lowest BCUT2D eigenvalue weighted by atomic mass is 10.1. The Balaban J connectivity index is 0. The third kappa shape index (κ3) is 15.5. The molecule has 1 rings (SSSR count). The molecule has 0 heterocycles. The standard InChI is InChI=1S/C7H16OS2.C6H7NO.CH4O/c8-7(4-6-10)3-1-2-5-9;7-5-1-3-6(8)4-2-5;1-2/h7-10H,1-6H2;1-4,8H,7H2;2H,1H3. The number of anilines is 1. The number of nitrogen functional groups attached to an aromatic ring is 1. The van der Waals surface area contributed by atoms with Crippen LogP contribution < -0.4 is 5.73 Å². The maximum Gasteiger partial charge on any atom is 0.115 e. The Hall–Kier alpha value is -0.560. The molecule has 6 heteroatoms. The number of nitrogens with two attached hydrogens (primary N) is 1. The van der Waals surface area contributed by atoms with Crippen LogP contribution in [0.1, 0.15) is 25.7 Å². The Morgan fingerprint density at radius 3 is 1.95 bits per heavy atom. The molecule has 1 aromatic rings. The van der Waals surface area contributed by atoms with E-state index in [-0.39, 0.29) is 11.9 Å². The normalized spacial score (nSPS) is 10.7. The summed E-state index contributed by atoms with van der Waals surface area (Å²) in [4.78, 5) is 0. The molecule has 0 saturated heterocycles. The Bertz CT molecular complexity index is 276. The molecular weight excluding hydrogens is 294 g/mol. The van der Waals surface area contributed by atoms with Crippen LogP contribution in [0.25, 0.3) is 0 Å². The highest BCUT2D eigenvalue weighted by molar-refractivity contribution is 7.80. The van der Waals surface area contributed by atoms with Gasteiger partial charge in [-0.3, -0.25) is 0 Å². The van der Waals surface area contributed by atoms with Gasteiger partial charge in [0, 0.05) is 12.8 Å². The zero-order valence-corrected chi connectivity index (χ0v) is 13.7. The third-order valence-corrected chi connectivity index (χ3v) is 2.88. The SMILES string of the molecule is CO.Nc1ccc(O)cc1.OC(CCS)CCCCS. The summed E-state index contributed by atoms with van der Waals surface area (Å²) < 4.78 is 0. The van der Waals surface area contributed by atoms with Gasteiger partial charge < -0.3 is 21.1 Å². The molecular formula is C14H27NO3S2. The summed E-state index contributed by atoms with van der Waals surface area (Å²) in [6.45, 7) is 0. The van der Waals surface area contributed by atoms with Gasteiger partial charge in [0.1, 0.15) is 5.75 Å². The maximum atomic E-state index is 9.20. The van der Waals surface area contributed by atoms with Gasteiger partial charge in [-0.1, -0.05) is 6.42 Å². The van der Waals surface area contributed by atoms with Crippen molar-refractivity contribution in [3.05, 3.63) is 24.3 Å². The van der Waals surface area contributed by atoms with Crippen molar-refractivity contribution < 1.29 is 15.3 Å². The van der Waals surface area contributed by atoms with Crippen molar-refractivity contribution in [1.82, 2.24) is 0 Å². The van der Waals surface area contributed by atoms with E-state index in [0.29, 0.717) is 5.69 Å². The minimum absolute atomic E-state index is 0.141. The number of unbranched alkanes of at least 4 members (excludes halogenated alkanes) is 1. The van der Waals surface area contributed by atoms with Crippen LogP contribution in [0.3, 0.4) is 0 Å². The van der Waals surface area contributed by atoms with Crippen molar-refractivity contribution >= 4 is 30.9 Å². The second-order valence-electron chi connectivity index (χ2n) is 3.98. The number of hydrogen-bond acceptors (Lipinski definition) is 6. The van der Waals surface area contributed by atoms with Crippen LogP contribution in [0.4, 0.5) is 5.69 Å². The largest absolute Gasteiger partial charge is 0.508 e. The van der Waals surface area contributed by atoms with Crippen LogP contribution >= 0.6 is 25.3 Å². The molecule has 0 fully saturated rings. The number of aliphatic hydroxyl groups excluding tert-OH is 2. The quantitative estimate of drug-likeness (QED) is 0.210. The lowest BCUT2D eigenvalue weighted by molar-refractivity contribution is 0.159. The van der Waals surface area contributed by atoms with Crippen molar-refractivity contribution in [2.45, 2.75) is 31.8 Å². The summed E-state index contributed by atoms with van der Waals surface area (Å²) in [6, 6.07) is 6.40. The Morgan fingerprint density at radius 2 is 1.55 bits per heavy atom. The van der Waals surface area contributed by atoms with Gasteiger partial charge in [-0.2, -0.15) is 25.3 Å². The second-order valence-corrected chi connectivity index (χ2v) is 4.87. The number of benzene rings is 1. The van der Waals surface area contributed by atoms with Crippen molar-refractivity contribution in [2.75, 3.05) is 24.3 Å². The molecule has 1 aromatic carbocycles. The van der Waals surface area contributed by atoms with Crippen LogP contribution in [-0.2, 0) is 0 Å². The minimum Gasteiger partial charge on any atom is -0.508 e. The van der Waals surface area contributed by atoms with Gasteiger partial charge in [-0.05, 0) is 55.0 Å². The van der Waals surface area contributed by atoms with E-state index < -0.39 is 0 Å². The van der Waals surface area contributed by atoms with Crippen LogP contribution in [0, 0.1) is 0 Å². The third-order valence-electron chi connectivity index (χ3n) is 2.30. The van der Waals surface area contributed by atoms with E-state index >= 15 is 0 Å². The smallest absolute Gasteiger partial charge is 0.115 e. The number of phenolic OH excluding ortho intramolecular Hbond substituents is 1. The highest BCUT2D eigenvalue weighted by atomic mass is 32.1. The first kappa shape index (κ1) is 21.7. The van der Waals surface area contributed by atoms with Gasteiger partial charge in [0.25, 0.3) is 0 Å². The fraction of sp³-hybridized carbons (Fsp3) is 0.571. The molecule has 0 bridgehead atoms. The van der Waals surface area contributed by atoms with Gasteiger partial charge in [0.05, 0.1) is 6.10 Å². The number of thiol groups is 2. The maximum absolute atomic E-state index is 9.20. The van der Waals surface area contributed by atoms with Gasteiger partial charge in [0.2, 0.25) is 0 Å². The Labute approximate surface area is 132 Å². The van der Waals surface area contributed by atoms with Crippen LogP contribution in [-0.4, -0.2) is 40.0 Å². The predicted molar refractivity (Wildman–Crippen MR) is 92.8 cm³/mol. The molecule has 4 nitrogen and oxygen atoms in total. The Morgan fingerprint density at radius 1 is 1.00 bits per heavy atom. The van der Waals surface area contributed by atoms with Crippen molar-refractivity contribution in [3.63, 3.8) is 0 Å². The van der Waals surface area contributed by atoms with E-state index in [1.54, 1.807) is 24.3 Å². The number of hydrogen-bond donors (Lipinski definition) is 6.